The Labute approximate surface area is 125 Å². The molecule has 1 aromatic carbocycles. The van der Waals surface area contributed by atoms with Crippen LogP contribution < -0.4 is 4.90 Å². The van der Waals surface area contributed by atoms with Gasteiger partial charge in [0.15, 0.2) is 0 Å². The number of carbonyl (C=O) groups is 2. The number of anilines is 1. The van der Waals surface area contributed by atoms with E-state index in [9.17, 15) is 9.59 Å². The molecule has 2 aliphatic heterocycles. The van der Waals surface area contributed by atoms with Crippen molar-refractivity contribution in [3.8, 4) is 0 Å². The number of fused-ring (bicyclic) bond motifs is 1. The lowest BCUT2D eigenvalue weighted by atomic mass is 10.1. The molecule has 0 aliphatic carbocycles. The number of hydrogen-bond donors (Lipinski definition) is 0. The number of hydrogen-bond acceptors (Lipinski definition) is 2. The zero-order valence-electron chi connectivity index (χ0n) is 12.9. The Balaban J connectivity index is 1.82. The van der Waals surface area contributed by atoms with Crippen LogP contribution >= 0.6 is 0 Å². The van der Waals surface area contributed by atoms with Gasteiger partial charge in [-0.1, -0.05) is 18.2 Å². The van der Waals surface area contributed by atoms with Gasteiger partial charge >= 0.3 is 0 Å². The number of carbonyl (C=O) groups excluding carboxylic acids is 2. The Morgan fingerprint density at radius 1 is 1.24 bits per heavy atom. The van der Waals surface area contributed by atoms with Gasteiger partial charge in [-0.3, -0.25) is 9.59 Å². The summed E-state index contributed by atoms with van der Waals surface area (Å²) in [6.07, 6.45) is 1.25. The molecule has 112 valence electrons. The van der Waals surface area contributed by atoms with Crippen molar-refractivity contribution in [2.24, 2.45) is 5.92 Å². The molecule has 1 saturated heterocycles. The molecule has 0 spiro atoms. The summed E-state index contributed by atoms with van der Waals surface area (Å²) < 4.78 is 0. The number of amides is 2. The molecule has 1 fully saturated rings. The van der Waals surface area contributed by atoms with Crippen molar-refractivity contribution in [1.82, 2.24) is 4.90 Å². The van der Waals surface area contributed by atoms with Crippen LogP contribution in [0.3, 0.4) is 0 Å². The standard InChI is InChI=1S/C17H22N2O2/c1-11(2)18-10-14(9-16(18)20)17(21)19-12(3)8-13-6-4-5-7-15(13)19/h4-7,11-12,14H,8-10H2,1-3H3/t12-,14+/m0/s1. The molecule has 4 heteroatoms. The van der Waals surface area contributed by atoms with Gasteiger partial charge < -0.3 is 9.80 Å². The minimum Gasteiger partial charge on any atom is -0.339 e. The van der Waals surface area contributed by atoms with Crippen molar-refractivity contribution < 1.29 is 9.59 Å². The van der Waals surface area contributed by atoms with E-state index in [-0.39, 0.29) is 29.8 Å². The number of rotatable bonds is 2. The first-order chi connectivity index (χ1) is 9.99. The summed E-state index contributed by atoms with van der Waals surface area (Å²) in [6.45, 7) is 6.63. The lowest BCUT2D eigenvalue weighted by molar-refractivity contribution is -0.129. The lowest BCUT2D eigenvalue weighted by Crippen LogP contribution is -2.41. The largest absolute Gasteiger partial charge is 0.339 e. The molecule has 4 nitrogen and oxygen atoms in total. The lowest BCUT2D eigenvalue weighted by Gasteiger charge is -2.26. The van der Waals surface area contributed by atoms with Gasteiger partial charge in [0.05, 0.1) is 5.92 Å². The summed E-state index contributed by atoms with van der Waals surface area (Å²) in [5.41, 5.74) is 2.24. The van der Waals surface area contributed by atoms with Crippen LogP contribution in [-0.4, -0.2) is 35.3 Å². The van der Waals surface area contributed by atoms with Gasteiger partial charge in [-0.25, -0.2) is 0 Å². The molecule has 2 atom stereocenters. The highest BCUT2D eigenvalue weighted by Crippen LogP contribution is 2.34. The van der Waals surface area contributed by atoms with E-state index in [2.05, 4.69) is 13.0 Å². The van der Waals surface area contributed by atoms with Crippen molar-refractivity contribution in [3.05, 3.63) is 29.8 Å². The van der Waals surface area contributed by atoms with E-state index in [1.165, 1.54) is 5.56 Å². The van der Waals surface area contributed by atoms with Gasteiger partial charge in [-0.05, 0) is 38.8 Å². The van der Waals surface area contributed by atoms with E-state index in [0.717, 1.165) is 12.1 Å². The highest BCUT2D eigenvalue weighted by Gasteiger charge is 2.41. The molecular weight excluding hydrogens is 264 g/mol. The minimum atomic E-state index is -0.200. The van der Waals surface area contributed by atoms with Crippen LogP contribution in [0.2, 0.25) is 0 Å². The molecule has 0 aromatic heterocycles. The SMILES string of the molecule is CC(C)N1C[C@H](C(=O)N2c3ccccc3C[C@@H]2C)CC1=O. The Morgan fingerprint density at radius 3 is 2.62 bits per heavy atom. The Hall–Kier alpha value is -1.84. The van der Waals surface area contributed by atoms with Crippen LogP contribution in [0.5, 0.6) is 0 Å². The first-order valence-corrected chi connectivity index (χ1v) is 7.69. The van der Waals surface area contributed by atoms with Gasteiger partial charge in [0.1, 0.15) is 0 Å². The van der Waals surface area contributed by atoms with Crippen LogP contribution in [0.15, 0.2) is 24.3 Å². The van der Waals surface area contributed by atoms with E-state index in [1.54, 1.807) is 0 Å². The normalized spacial score (nSPS) is 24.9. The molecular formula is C17H22N2O2. The number of benzene rings is 1. The maximum Gasteiger partial charge on any atom is 0.232 e. The number of nitrogens with zero attached hydrogens (tertiary/aromatic N) is 2. The molecule has 21 heavy (non-hydrogen) atoms. The second-order valence-electron chi connectivity index (χ2n) is 6.43. The van der Waals surface area contributed by atoms with Gasteiger partial charge in [0.25, 0.3) is 0 Å². The highest BCUT2D eigenvalue weighted by molar-refractivity contribution is 6.01. The van der Waals surface area contributed by atoms with Crippen LogP contribution in [0.25, 0.3) is 0 Å². The highest BCUT2D eigenvalue weighted by atomic mass is 16.2. The maximum atomic E-state index is 12.9. The fourth-order valence-electron chi connectivity index (χ4n) is 3.49. The fraction of sp³-hybridized carbons (Fsp3) is 0.529. The van der Waals surface area contributed by atoms with Crippen molar-refractivity contribution in [2.75, 3.05) is 11.4 Å². The second kappa shape index (κ2) is 5.17. The summed E-state index contributed by atoms with van der Waals surface area (Å²) in [5.74, 6) is 0.000872. The Morgan fingerprint density at radius 2 is 1.95 bits per heavy atom. The third-order valence-electron chi connectivity index (χ3n) is 4.58. The van der Waals surface area contributed by atoms with Crippen molar-refractivity contribution in [2.45, 2.75) is 45.7 Å². The van der Waals surface area contributed by atoms with Gasteiger partial charge in [0.2, 0.25) is 11.8 Å². The van der Waals surface area contributed by atoms with Crippen LogP contribution in [0, 0.1) is 5.92 Å². The van der Waals surface area contributed by atoms with Crippen LogP contribution in [0.4, 0.5) is 5.69 Å². The van der Waals surface area contributed by atoms with Crippen molar-refractivity contribution in [3.63, 3.8) is 0 Å². The van der Waals surface area contributed by atoms with Gasteiger partial charge in [-0.2, -0.15) is 0 Å². The first kappa shape index (κ1) is 14.1. The topological polar surface area (TPSA) is 40.6 Å². The average molecular weight is 286 g/mol. The Kier molecular flexibility index (Phi) is 3.47. The third kappa shape index (κ3) is 2.33. The summed E-state index contributed by atoms with van der Waals surface area (Å²) in [5, 5.41) is 0. The fourth-order valence-corrected chi connectivity index (χ4v) is 3.49. The number of likely N-dealkylation sites (tertiary alicyclic amines) is 1. The maximum absolute atomic E-state index is 12.9. The summed E-state index contributed by atoms with van der Waals surface area (Å²) >= 11 is 0. The molecule has 1 aromatic rings. The van der Waals surface area contributed by atoms with Crippen LogP contribution in [-0.2, 0) is 16.0 Å². The zero-order chi connectivity index (χ0) is 15.1. The second-order valence-corrected chi connectivity index (χ2v) is 6.43. The first-order valence-electron chi connectivity index (χ1n) is 7.69. The van der Waals surface area contributed by atoms with Gasteiger partial charge in [0, 0.05) is 30.7 Å². The van der Waals surface area contributed by atoms with E-state index in [0.29, 0.717) is 13.0 Å². The molecule has 0 N–H and O–H groups in total. The Bertz CT molecular complexity index is 582. The summed E-state index contributed by atoms with van der Waals surface area (Å²) in [7, 11) is 0. The number of para-hydroxylation sites is 1. The van der Waals surface area contributed by atoms with E-state index >= 15 is 0 Å². The third-order valence-corrected chi connectivity index (χ3v) is 4.58. The molecule has 2 aliphatic rings. The minimum absolute atomic E-state index is 0.100. The monoisotopic (exact) mass is 286 g/mol. The molecule has 2 amide bonds. The van der Waals surface area contributed by atoms with E-state index < -0.39 is 0 Å². The molecule has 2 heterocycles. The van der Waals surface area contributed by atoms with Gasteiger partial charge in [-0.15, -0.1) is 0 Å². The molecule has 3 rings (SSSR count). The molecule has 0 bridgehead atoms. The van der Waals surface area contributed by atoms with Crippen molar-refractivity contribution in [1.29, 1.82) is 0 Å². The predicted molar refractivity (Wildman–Crippen MR) is 82.1 cm³/mol. The summed E-state index contributed by atoms with van der Waals surface area (Å²) in [4.78, 5) is 28.6. The average Bonchev–Trinajstić information content (AvgIpc) is 2.97. The quantitative estimate of drug-likeness (QED) is 0.836. The molecule has 0 radical (unpaired) electrons. The molecule has 0 unspecified atom stereocenters. The van der Waals surface area contributed by atoms with Crippen LogP contribution in [0.1, 0.15) is 32.8 Å². The zero-order valence-corrected chi connectivity index (χ0v) is 12.9. The predicted octanol–water partition coefficient (Wildman–Crippen LogP) is 2.22. The van der Waals surface area contributed by atoms with Crippen molar-refractivity contribution >= 4 is 17.5 Å². The smallest absolute Gasteiger partial charge is 0.232 e. The van der Waals surface area contributed by atoms with E-state index in [1.807, 2.05) is 41.8 Å². The summed E-state index contributed by atoms with van der Waals surface area (Å²) in [6, 6.07) is 8.42. The van der Waals surface area contributed by atoms with E-state index in [4.69, 9.17) is 0 Å². The molecule has 0 saturated carbocycles.